The predicted octanol–water partition coefficient (Wildman–Crippen LogP) is -0.682. The number of nitrogens with one attached hydrogen (secondary N) is 1. The van der Waals surface area contributed by atoms with Crippen molar-refractivity contribution in [3.8, 4) is 0 Å². The topological polar surface area (TPSA) is 78.9 Å². The lowest BCUT2D eigenvalue weighted by Gasteiger charge is -2.21. The number of hydrogen-bond acceptors (Lipinski definition) is 4. The molecule has 0 aromatic carbocycles. The fourth-order valence-corrected chi connectivity index (χ4v) is 2.44. The maximum Gasteiger partial charge on any atom is 0.310 e. The van der Waals surface area contributed by atoms with Crippen LogP contribution in [0, 0.1) is 11.8 Å². The van der Waals surface area contributed by atoms with Crippen LogP contribution in [0.1, 0.15) is 0 Å². The van der Waals surface area contributed by atoms with Crippen LogP contribution in [0.2, 0.25) is 0 Å². The molecule has 2 bridgehead atoms. The highest BCUT2D eigenvalue weighted by molar-refractivity contribution is 5.87. The number of nitrogens with zero attached hydrogens (tertiary/aromatic N) is 1. The van der Waals surface area contributed by atoms with Crippen molar-refractivity contribution < 1.29 is 19.4 Å². The van der Waals surface area contributed by atoms with Crippen molar-refractivity contribution in [3.05, 3.63) is 12.2 Å². The summed E-state index contributed by atoms with van der Waals surface area (Å²) in [5.74, 6) is -2.58. The van der Waals surface area contributed by atoms with Crippen LogP contribution < -0.4 is 5.32 Å². The Morgan fingerprint density at radius 1 is 1.28 bits per heavy atom. The first-order chi connectivity index (χ1) is 8.50. The van der Waals surface area contributed by atoms with Gasteiger partial charge in [-0.1, -0.05) is 12.2 Å². The fraction of sp³-hybridized carbons (Fsp3) is 0.667. The first-order valence-corrected chi connectivity index (χ1v) is 5.99. The number of carbonyl (C=O) groups excluding carboxylic acids is 1. The molecule has 0 spiro atoms. The molecule has 18 heavy (non-hydrogen) atoms. The third-order valence-corrected chi connectivity index (χ3v) is 3.35. The highest BCUT2D eigenvalue weighted by atomic mass is 16.5. The molecule has 0 aliphatic carbocycles. The van der Waals surface area contributed by atoms with E-state index in [-0.39, 0.29) is 5.91 Å². The number of ether oxygens (including phenoxy) is 1. The molecule has 0 aromatic heterocycles. The number of carboxylic acids is 1. The number of likely N-dealkylation sites (N-methyl/N-ethyl adjacent to an activating group) is 1. The third kappa shape index (κ3) is 2.39. The van der Waals surface area contributed by atoms with E-state index in [1.807, 2.05) is 19.0 Å². The van der Waals surface area contributed by atoms with E-state index in [0.29, 0.717) is 6.54 Å². The molecular weight excluding hydrogens is 236 g/mol. The van der Waals surface area contributed by atoms with Crippen molar-refractivity contribution in [3.63, 3.8) is 0 Å². The summed E-state index contributed by atoms with van der Waals surface area (Å²) in [6.07, 6.45) is 2.65. The number of rotatable bonds is 5. The average molecular weight is 254 g/mol. The van der Waals surface area contributed by atoms with Crippen LogP contribution in [0.15, 0.2) is 12.2 Å². The molecule has 2 N–H and O–H groups in total. The maximum atomic E-state index is 12.0. The van der Waals surface area contributed by atoms with E-state index >= 15 is 0 Å². The van der Waals surface area contributed by atoms with Gasteiger partial charge in [-0.15, -0.1) is 0 Å². The van der Waals surface area contributed by atoms with Crippen LogP contribution in [0.4, 0.5) is 0 Å². The zero-order chi connectivity index (χ0) is 13.3. The molecule has 4 atom stereocenters. The standard InChI is InChI=1S/C12H18N2O4/c1-14(2)6-5-13-11(15)9-7-3-4-8(18-7)10(9)12(16)17/h3-4,7-10H,5-6H2,1-2H3,(H,13,15)(H,16,17)/t7-,8-,9?,10?/m1/s1. The molecular formula is C12H18N2O4. The predicted molar refractivity (Wildman–Crippen MR) is 64.0 cm³/mol. The van der Waals surface area contributed by atoms with E-state index in [4.69, 9.17) is 9.84 Å². The SMILES string of the molecule is CN(C)CCNC(=O)C1C(C(=O)O)[C@H]2C=C[C@H]1O2. The lowest BCUT2D eigenvalue weighted by molar-refractivity contribution is -0.146. The molecule has 1 saturated heterocycles. The molecule has 2 heterocycles. The Labute approximate surface area is 106 Å². The monoisotopic (exact) mass is 254 g/mol. The zero-order valence-electron chi connectivity index (χ0n) is 10.5. The largest absolute Gasteiger partial charge is 0.481 e. The Morgan fingerprint density at radius 2 is 1.89 bits per heavy atom. The molecule has 100 valence electrons. The normalized spacial score (nSPS) is 33.1. The molecule has 0 saturated carbocycles. The van der Waals surface area contributed by atoms with Crippen LogP contribution in [-0.4, -0.2) is 61.3 Å². The molecule has 0 aromatic rings. The second kappa shape index (κ2) is 5.07. The van der Waals surface area contributed by atoms with Crippen LogP contribution in [0.5, 0.6) is 0 Å². The number of carboxylic acid groups (broad SMARTS) is 1. The number of aliphatic carboxylic acids is 1. The van der Waals surface area contributed by atoms with Gasteiger partial charge in [0.05, 0.1) is 18.1 Å². The molecule has 6 heteroatoms. The number of carbonyl (C=O) groups is 2. The molecule has 6 nitrogen and oxygen atoms in total. The van der Waals surface area contributed by atoms with Crippen LogP contribution in [-0.2, 0) is 14.3 Å². The third-order valence-electron chi connectivity index (χ3n) is 3.35. The van der Waals surface area contributed by atoms with Gasteiger partial charge in [0, 0.05) is 13.1 Å². The average Bonchev–Trinajstić information content (AvgIpc) is 2.87. The molecule has 0 radical (unpaired) electrons. The summed E-state index contributed by atoms with van der Waals surface area (Å²) in [5, 5.41) is 11.9. The number of fused-ring (bicyclic) bond motifs is 2. The van der Waals surface area contributed by atoms with Gasteiger partial charge in [0.15, 0.2) is 0 Å². The Hall–Kier alpha value is -1.40. The molecule has 1 fully saturated rings. The molecule has 2 rings (SSSR count). The van der Waals surface area contributed by atoms with Crippen molar-refractivity contribution in [2.75, 3.05) is 27.2 Å². The Morgan fingerprint density at radius 3 is 2.44 bits per heavy atom. The van der Waals surface area contributed by atoms with Gasteiger partial charge in [0.1, 0.15) is 5.92 Å². The summed E-state index contributed by atoms with van der Waals surface area (Å²) < 4.78 is 5.44. The van der Waals surface area contributed by atoms with Gasteiger partial charge in [-0.05, 0) is 14.1 Å². The Balaban J connectivity index is 1.96. The van der Waals surface area contributed by atoms with Crippen molar-refractivity contribution in [2.24, 2.45) is 11.8 Å². The summed E-state index contributed by atoms with van der Waals surface area (Å²) in [7, 11) is 3.82. The first kappa shape index (κ1) is 13.0. The van der Waals surface area contributed by atoms with Gasteiger partial charge in [-0.2, -0.15) is 0 Å². The van der Waals surface area contributed by atoms with Crippen molar-refractivity contribution in [1.29, 1.82) is 0 Å². The van der Waals surface area contributed by atoms with Crippen LogP contribution in [0.25, 0.3) is 0 Å². The van der Waals surface area contributed by atoms with Crippen molar-refractivity contribution >= 4 is 11.9 Å². The molecule has 1 amide bonds. The first-order valence-electron chi connectivity index (χ1n) is 5.99. The second-order valence-electron chi connectivity index (χ2n) is 4.93. The van der Waals surface area contributed by atoms with Crippen molar-refractivity contribution in [2.45, 2.75) is 12.2 Å². The van der Waals surface area contributed by atoms with Gasteiger partial charge < -0.3 is 20.1 Å². The van der Waals surface area contributed by atoms with Gasteiger partial charge >= 0.3 is 5.97 Å². The van der Waals surface area contributed by atoms with E-state index in [2.05, 4.69) is 5.32 Å². The zero-order valence-corrected chi connectivity index (χ0v) is 10.5. The van der Waals surface area contributed by atoms with Gasteiger partial charge in [-0.25, -0.2) is 0 Å². The van der Waals surface area contributed by atoms with Crippen LogP contribution in [0.3, 0.4) is 0 Å². The van der Waals surface area contributed by atoms with E-state index in [9.17, 15) is 9.59 Å². The maximum absolute atomic E-state index is 12.0. The summed E-state index contributed by atoms with van der Waals surface area (Å²) >= 11 is 0. The molecule has 2 unspecified atom stereocenters. The highest BCUT2D eigenvalue weighted by Gasteiger charge is 2.53. The smallest absolute Gasteiger partial charge is 0.310 e. The van der Waals surface area contributed by atoms with E-state index in [1.54, 1.807) is 12.2 Å². The highest BCUT2D eigenvalue weighted by Crippen LogP contribution is 2.39. The van der Waals surface area contributed by atoms with Gasteiger partial charge in [-0.3, -0.25) is 9.59 Å². The van der Waals surface area contributed by atoms with Gasteiger partial charge in [0.2, 0.25) is 5.91 Å². The van der Waals surface area contributed by atoms with Gasteiger partial charge in [0.25, 0.3) is 0 Å². The Kier molecular flexibility index (Phi) is 3.68. The summed E-state index contributed by atoms with van der Waals surface area (Å²) in [5.41, 5.74) is 0. The summed E-state index contributed by atoms with van der Waals surface area (Å²) in [6, 6.07) is 0. The summed E-state index contributed by atoms with van der Waals surface area (Å²) in [6.45, 7) is 1.23. The second-order valence-corrected chi connectivity index (χ2v) is 4.93. The lowest BCUT2D eigenvalue weighted by Crippen LogP contribution is -2.44. The minimum Gasteiger partial charge on any atom is -0.481 e. The number of hydrogen-bond donors (Lipinski definition) is 2. The summed E-state index contributed by atoms with van der Waals surface area (Å²) in [4.78, 5) is 25.2. The Bertz CT molecular complexity index is 380. The van der Waals surface area contributed by atoms with Crippen LogP contribution >= 0.6 is 0 Å². The van der Waals surface area contributed by atoms with E-state index in [0.717, 1.165) is 6.54 Å². The van der Waals surface area contributed by atoms with E-state index in [1.165, 1.54) is 0 Å². The lowest BCUT2D eigenvalue weighted by atomic mass is 9.82. The minimum atomic E-state index is -0.973. The van der Waals surface area contributed by atoms with Crippen molar-refractivity contribution in [1.82, 2.24) is 10.2 Å². The fourth-order valence-electron chi connectivity index (χ4n) is 2.44. The number of amides is 1. The minimum absolute atomic E-state index is 0.235. The van der Waals surface area contributed by atoms with E-state index < -0.39 is 30.0 Å². The molecule has 2 aliphatic rings. The molecule has 2 aliphatic heterocycles. The quantitative estimate of drug-likeness (QED) is 0.635.